The van der Waals surface area contributed by atoms with Gasteiger partial charge in [0.2, 0.25) is 0 Å². The van der Waals surface area contributed by atoms with Gasteiger partial charge in [0.25, 0.3) is 0 Å². The number of hydrogen-bond acceptors (Lipinski definition) is 2. The minimum atomic E-state index is 1.11. The normalized spacial score (nSPS) is 10.4. The van der Waals surface area contributed by atoms with Crippen LogP contribution in [0, 0.1) is 0 Å². The molecule has 0 saturated heterocycles. The quantitative estimate of drug-likeness (QED) is 0.628. The summed E-state index contributed by atoms with van der Waals surface area (Å²) in [6.45, 7) is 4.42. The Bertz CT molecular complexity index is 182. The number of hydrogen-bond donors (Lipinski definition) is 2. The molecule has 0 unspecified atom stereocenters. The lowest BCUT2D eigenvalue weighted by atomic mass is 10.2. The maximum atomic E-state index is 3.89. The van der Waals surface area contributed by atoms with Crippen LogP contribution in [0.3, 0.4) is 0 Å². The van der Waals surface area contributed by atoms with Crippen LogP contribution in [0.4, 0.5) is 0 Å². The number of rotatable bonds is 6. The van der Waals surface area contributed by atoms with Gasteiger partial charge in [0.1, 0.15) is 0 Å². The monoisotopic (exact) mass is 167 g/mol. The zero-order chi connectivity index (χ0) is 8.65. The highest BCUT2D eigenvalue weighted by atomic mass is 15.1. The minimum absolute atomic E-state index is 1.11. The Kier molecular flexibility index (Phi) is 4.46. The molecule has 68 valence electrons. The molecular formula is C9H17N3. The van der Waals surface area contributed by atoms with Crippen molar-refractivity contribution in [2.24, 2.45) is 0 Å². The van der Waals surface area contributed by atoms with Crippen LogP contribution in [0.2, 0.25) is 0 Å². The van der Waals surface area contributed by atoms with Gasteiger partial charge in [-0.1, -0.05) is 6.92 Å². The molecule has 1 heterocycles. The second kappa shape index (κ2) is 5.77. The molecule has 0 saturated carbocycles. The molecule has 0 amide bonds. The maximum Gasteiger partial charge on any atom is 0.0519 e. The van der Waals surface area contributed by atoms with Crippen molar-refractivity contribution in [1.29, 1.82) is 0 Å². The SMILES string of the molecule is CCCNCCCc1cn[nH]c1. The summed E-state index contributed by atoms with van der Waals surface area (Å²) in [6.07, 6.45) is 7.37. The molecule has 0 spiro atoms. The van der Waals surface area contributed by atoms with Gasteiger partial charge in [0.15, 0.2) is 0 Å². The van der Waals surface area contributed by atoms with Crippen LogP contribution in [0.1, 0.15) is 25.3 Å². The van der Waals surface area contributed by atoms with E-state index in [2.05, 4.69) is 22.4 Å². The smallest absolute Gasteiger partial charge is 0.0519 e. The van der Waals surface area contributed by atoms with Crippen LogP contribution in [0.25, 0.3) is 0 Å². The van der Waals surface area contributed by atoms with E-state index >= 15 is 0 Å². The lowest BCUT2D eigenvalue weighted by Crippen LogP contribution is -2.16. The van der Waals surface area contributed by atoms with Gasteiger partial charge in [-0.05, 0) is 37.9 Å². The molecule has 1 aromatic rings. The highest BCUT2D eigenvalue weighted by Crippen LogP contribution is 1.97. The predicted molar refractivity (Wildman–Crippen MR) is 50.1 cm³/mol. The summed E-state index contributed by atoms with van der Waals surface area (Å²) in [5.41, 5.74) is 1.30. The fraction of sp³-hybridized carbons (Fsp3) is 0.667. The molecule has 0 fully saturated rings. The molecule has 0 bridgehead atoms. The van der Waals surface area contributed by atoms with E-state index in [-0.39, 0.29) is 0 Å². The number of aromatic nitrogens is 2. The third-order valence-electron chi connectivity index (χ3n) is 1.80. The molecule has 3 heteroatoms. The van der Waals surface area contributed by atoms with E-state index in [0.717, 1.165) is 19.5 Å². The van der Waals surface area contributed by atoms with Crippen molar-refractivity contribution in [2.45, 2.75) is 26.2 Å². The van der Waals surface area contributed by atoms with Gasteiger partial charge in [-0.2, -0.15) is 5.10 Å². The number of aryl methyl sites for hydroxylation is 1. The van der Waals surface area contributed by atoms with Crippen molar-refractivity contribution in [2.75, 3.05) is 13.1 Å². The Morgan fingerprint density at radius 1 is 1.50 bits per heavy atom. The average molecular weight is 167 g/mol. The summed E-state index contributed by atoms with van der Waals surface area (Å²) in [4.78, 5) is 0. The van der Waals surface area contributed by atoms with Gasteiger partial charge in [-0.3, -0.25) is 5.10 Å². The van der Waals surface area contributed by atoms with Gasteiger partial charge in [0.05, 0.1) is 6.20 Å². The second-order valence-corrected chi connectivity index (χ2v) is 2.96. The van der Waals surface area contributed by atoms with Crippen LogP contribution < -0.4 is 5.32 Å². The highest BCUT2D eigenvalue weighted by Gasteiger charge is 1.92. The summed E-state index contributed by atoms with van der Waals surface area (Å²) in [6, 6.07) is 0. The standard InChI is InChI=1S/C9H17N3/c1-2-5-10-6-3-4-9-7-11-12-8-9/h7-8,10H,2-6H2,1H3,(H,11,12). The van der Waals surface area contributed by atoms with Crippen LogP contribution in [0.15, 0.2) is 12.4 Å². The minimum Gasteiger partial charge on any atom is -0.317 e. The molecule has 12 heavy (non-hydrogen) atoms. The summed E-state index contributed by atoms with van der Waals surface area (Å²) < 4.78 is 0. The van der Waals surface area contributed by atoms with E-state index in [1.807, 2.05) is 12.4 Å². The van der Waals surface area contributed by atoms with E-state index < -0.39 is 0 Å². The van der Waals surface area contributed by atoms with Gasteiger partial charge in [-0.15, -0.1) is 0 Å². The summed E-state index contributed by atoms with van der Waals surface area (Å²) in [5, 5.41) is 10.1. The lowest BCUT2D eigenvalue weighted by molar-refractivity contribution is 0.640. The highest BCUT2D eigenvalue weighted by molar-refractivity contribution is 5.01. The molecule has 1 aromatic heterocycles. The van der Waals surface area contributed by atoms with E-state index in [1.165, 1.54) is 18.4 Å². The first-order valence-corrected chi connectivity index (χ1v) is 4.62. The second-order valence-electron chi connectivity index (χ2n) is 2.96. The fourth-order valence-electron chi connectivity index (χ4n) is 1.13. The van der Waals surface area contributed by atoms with Crippen molar-refractivity contribution in [1.82, 2.24) is 15.5 Å². The van der Waals surface area contributed by atoms with Gasteiger partial charge in [-0.25, -0.2) is 0 Å². The zero-order valence-electron chi connectivity index (χ0n) is 7.64. The van der Waals surface area contributed by atoms with Crippen LogP contribution in [-0.4, -0.2) is 23.3 Å². The van der Waals surface area contributed by atoms with Crippen LogP contribution >= 0.6 is 0 Å². The van der Waals surface area contributed by atoms with Crippen molar-refractivity contribution in [3.63, 3.8) is 0 Å². The van der Waals surface area contributed by atoms with Crippen molar-refractivity contribution < 1.29 is 0 Å². The Morgan fingerprint density at radius 2 is 2.42 bits per heavy atom. The molecule has 0 aliphatic heterocycles. The molecule has 1 rings (SSSR count). The third kappa shape index (κ3) is 3.53. The Morgan fingerprint density at radius 3 is 3.08 bits per heavy atom. The van der Waals surface area contributed by atoms with E-state index in [0.29, 0.717) is 0 Å². The maximum absolute atomic E-state index is 3.89. The third-order valence-corrected chi connectivity index (χ3v) is 1.80. The largest absolute Gasteiger partial charge is 0.317 e. The Balaban J connectivity index is 1.96. The number of nitrogens with zero attached hydrogens (tertiary/aromatic N) is 1. The number of H-pyrrole nitrogens is 1. The topological polar surface area (TPSA) is 40.7 Å². The Hall–Kier alpha value is -0.830. The zero-order valence-corrected chi connectivity index (χ0v) is 7.64. The Labute approximate surface area is 73.6 Å². The molecule has 3 nitrogen and oxygen atoms in total. The van der Waals surface area contributed by atoms with E-state index in [4.69, 9.17) is 0 Å². The van der Waals surface area contributed by atoms with Crippen LogP contribution in [0.5, 0.6) is 0 Å². The summed E-state index contributed by atoms with van der Waals surface area (Å²) >= 11 is 0. The molecule has 0 aliphatic rings. The lowest BCUT2D eigenvalue weighted by Gasteiger charge is -2.00. The molecule has 0 aromatic carbocycles. The van der Waals surface area contributed by atoms with Crippen molar-refractivity contribution in [3.05, 3.63) is 18.0 Å². The summed E-state index contributed by atoms with van der Waals surface area (Å²) in [7, 11) is 0. The van der Waals surface area contributed by atoms with Gasteiger partial charge in [0, 0.05) is 6.20 Å². The molecule has 2 N–H and O–H groups in total. The van der Waals surface area contributed by atoms with Gasteiger partial charge >= 0.3 is 0 Å². The molecular weight excluding hydrogens is 150 g/mol. The predicted octanol–water partition coefficient (Wildman–Crippen LogP) is 1.34. The number of aromatic amines is 1. The number of nitrogens with one attached hydrogen (secondary N) is 2. The van der Waals surface area contributed by atoms with Gasteiger partial charge < -0.3 is 5.32 Å². The summed E-state index contributed by atoms with van der Waals surface area (Å²) in [5.74, 6) is 0. The van der Waals surface area contributed by atoms with Crippen molar-refractivity contribution in [3.8, 4) is 0 Å². The first-order chi connectivity index (χ1) is 5.93. The first-order valence-electron chi connectivity index (χ1n) is 4.62. The molecule has 0 radical (unpaired) electrons. The first kappa shape index (κ1) is 9.26. The molecule has 0 atom stereocenters. The van der Waals surface area contributed by atoms with Crippen LogP contribution in [-0.2, 0) is 6.42 Å². The van der Waals surface area contributed by atoms with E-state index in [9.17, 15) is 0 Å². The molecule has 0 aliphatic carbocycles. The fourth-order valence-corrected chi connectivity index (χ4v) is 1.13. The van der Waals surface area contributed by atoms with Crippen molar-refractivity contribution >= 4 is 0 Å². The average Bonchev–Trinajstić information content (AvgIpc) is 2.57. The van der Waals surface area contributed by atoms with E-state index in [1.54, 1.807) is 0 Å².